The van der Waals surface area contributed by atoms with Crippen LogP contribution in [0.5, 0.6) is 11.5 Å². The lowest BCUT2D eigenvalue weighted by molar-refractivity contribution is -0.142. The van der Waals surface area contributed by atoms with Gasteiger partial charge in [0, 0.05) is 23.4 Å². The van der Waals surface area contributed by atoms with E-state index < -0.39 is 5.97 Å². The lowest BCUT2D eigenvalue weighted by Gasteiger charge is -2.10. The molecule has 1 aromatic heterocycles. The maximum absolute atomic E-state index is 12.2. The van der Waals surface area contributed by atoms with Crippen LogP contribution in [0.1, 0.15) is 33.7 Å². The first-order chi connectivity index (χ1) is 13.0. The number of esters is 1. The van der Waals surface area contributed by atoms with Crippen LogP contribution < -0.4 is 9.47 Å². The number of thioether (sulfide) groups is 1. The Bertz CT molecular complexity index is 861. The predicted octanol–water partition coefficient (Wildman–Crippen LogP) is 2.90. The minimum atomic E-state index is -0.433. The molecule has 0 unspecified atom stereocenters. The van der Waals surface area contributed by atoms with Gasteiger partial charge in [-0.15, -0.1) is 0 Å². The van der Waals surface area contributed by atoms with E-state index in [1.807, 2.05) is 20.1 Å². The molecule has 27 heavy (non-hydrogen) atoms. The maximum Gasteiger partial charge on any atom is 0.306 e. The van der Waals surface area contributed by atoms with Crippen molar-refractivity contribution in [3.05, 3.63) is 40.7 Å². The number of carbonyl (C=O) groups excluding carboxylic acids is 2. The molecule has 0 saturated carbocycles. The van der Waals surface area contributed by atoms with Crippen molar-refractivity contribution in [3.63, 3.8) is 0 Å². The molecule has 0 fully saturated rings. The zero-order chi connectivity index (χ0) is 19.4. The van der Waals surface area contributed by atoms with E-state index >= 15 is 0 Å². The third kappa shape index (κ3) is 4.57. The first-order valence-corrected chi connectivity index (χ1v) is 9.67. The Labute approximate surface area is 161 Å². The van der Waals surface area contributed by atoms with Crippen LogP contribution in [0.4, 0.5) is 0 Å². The molecular formula is C19H20N2O5S. The van der Waals surface area contributed by atoms with Gasteiger partial charge in [0.25, 0.3) is 0 Å². The Morgan fingerprint density at radius 2 is 1.85 bits per heavy atom. The van der Waals surface area contributed by atoms with Gasteiger partial charge in [0.1, 0.15) is 0 Å². The number of hydrogen-bond acceptors (Lipinski definition) is 8. The molecule has 0 radical (unpaired) electrons. The predicted molar refractivity (Wildman–Crippen MR) is 99.5 cm³/mol. The molecule has 0 atom stereocenters. The molecule has 7 nitrogen and oxygen atoms in total. The zero-order valence-electron chi connectivity index (χ0n) is 15.4. The number of nitrogens with zero attached hydrogens (tertiary/aromatic N) is 2. The summed E-state index contributed by atoms with van der Waals surface area (Å²) in [6.45, 7) is 3.64. The van der Waals surface area contributed by atoms with Gasteiger partial charge >= 0.3 is 5.97 Å². The number of aromatic nitrogens is 2. The quantitative estimate of drug-likeness (QED) is 0.310. The van der Waals surface area contributed by atoms with Crippen LogP contribution in [0.25, 0.3) is 0 Å². The SMILES string of the molecule is CSc1nc(C)c(CCC(=O)OCC(=O)c2ccc3c(c2)OCO3)c(C)n1. The Morgan fingerprint density at radius 1 is 1.15 bits per heavy atom. The van der Waals surface area contributed by atoms with Crippen LogP contribution in [0, 0.1) is 13.8 Å². The summed E-state index contributed by atoms with van der Waals surface area (Å²) in [5.74, 6) is 0.398. The first kappa shape index (κ1) is 19.2. The summed E-state index contributed by atoms with van der Waals surface area (Å²) in [5, 5.41) is 0.714. The highest BCUT2D eigenvalue weighted by Crippen LogP contribution is 2.32. The summed E-state index contributed by atoms with van der Waals surface area (Å²) in [5.41, 5.74) is 3.07. The third-order valence-electron chi connectivity index (χ3n) is 4.22. The van der Waals surface area contributed by atoms with Crippen LogP contribution in [-0.4, -0.2) is 41.4 Å². The third-order valence-corrected chi connectivity index (χ3v) is 4.77. The van der Waals surface area contributed by atoms with Gasteiger partial charge in [-0.05, 0) is 50.3 Å². The van der Waals surface area contributed by atoms with Crippen molar-refractivity contribution in [2.45, 2.75) is 31.8 Å². The van der Waals surface area contributed by atoms with Gasteiger partial charge in [-0.3, -0.25) is 9.59 Å². The maximum atomic E-state index is 12.2. The average molecular weight is 388 g/mol. The van der Waals surface area contributed by atoms with Gasteiger partial charge in [0.15, 0.2) is 29.0 Å². The Morgan fingerprint density at radius 3 is 2.56 bits per heavy atom. The van der Waals surface area contributed by atoms with Crippen LogP contribution in [-0.2, 0) is 16.0 Å². The summed E-state index contributed by atoms with van der Waals surface area (Å²) in [6, 6.07) is 4.89. The molecule has 1 aliphatic rings. The summed E-state index contributed by atoms with van der Waals surface area (Å²) >= 11 is 1.48. The lowest BCUT2D eigenvalue weighted by Crippen LogP contribution is -2.15. The van der Waals surface area contributed by atoms with E-state index in [0.717, 1.165) is 17.0 Å². The molecule has 2 heterocycles. The van der Waals surface area contributed by atoms with Crippen LogP contribution in [0.3, 0.4) is 0 Å². The molecule has 8 heteroatoms. The van der Waals surface area contributed by atoms with Crippen molar-refractivity contribution < 1.29 is 23.8 Å². The Hall–Kier alpha value is -2.61. The number of carbonyl (C=O) groups is 2. The number of ether oxygens (including phenoxy) is 3. The minimum Gasteiger partial charge on any atom is -0.457 e. The molecule has 0 spiro atoms. The number of aryl methyl sites for hydroxylation is 2. The van der Waals surface area contributed by atoms with E-state index in [4.69, 9.17) is 14.2 Å². The number of rotatable bonds is 7. The molecule has 0 amide bonds. The molecule has 0 aliphatic carbocycles. The van der Waals surface area contributed by atoms with Gasteiger partial charge in [-0.25, -0.2) is 9.97 Å². The molecule has 3 rings (SSSR count). The smallest absolute Gasteiger partial charge is 0.306 e. The second-order valence-corrected chi connectivity index (χ2v) is 6.78. The first-order valence-electron chi connectivity index (χ1n) is 8.44. The summed E-state index contributed by atoms with van der Waals surface area (Å²) in [6.07, 6.45) is 2.56. The second-order valence-electron chi connectivity index (χ2n) is 6.01. The Balaban J connectivity index is 1.52. The Kier molecular flexibility index (Phi) is 5.95. The highest BCUT2D eigenvalue weighted by molar-refractivity contribution is 7.98. The van der Waals surface area contributed by atoms with Crippen molar-refractivity contribution in [2.24, 2.45) is 0 Å². The van der Waals surface area contributed by atoms with Crippen molar-refractivity contribution in [2.75, 3.05) is 19.7 Å². The van der Waals surface area contributed by atoms with E-state index in [9.17, 15) is 9.59 Å². The van der Waals surface area contributed by atoms with Crippen molar-refractivity contribution in [1.29, 1.82) is 0 Å². The van der Waals surface area contributed by atoms with E-state index in [1.54, 1.807) is 18.2 Å². The average Bonchev–Trinajstić information content (AvgIpc) is 3.12. The number of fused-ring (bicyclic) bond motifs is 1. The summed E-state index contributed by atoms with van der Waals surface area (Å²) < 4.78 is 15.6. The van der Waals surface area contributed by atoms with E-state index in [1.165, 1.54) is 11.8 Å². The molecule has 0 N–H and O–H groups in total. The normalized spacial score (nSPS) is 12.1. The summed E-state index contributed by atoms with van der Waals surface area (Å²) in [4.78, 5) is 33.0. The fourth-order valence-electron chi connectivity index (χ4n) is 2.76. The van der Waals surface area contributed by atoms with Gasteiger partial charge in [0.05, 0.1) is 0 Å². The fraction of sp³-hybridized carbons (Fsp3) is 0.368. The lowest BCUT2D eigenvalue weighted by atomic mass is 10.1. The molecular weight excluding hydrogens is 368 g/mol. The molecule has 1 aromatic carbocycles. The van der Waals surface area contributed by atoms with Gasteiger partial charge in [0.2, 0.25) is 6.79 Å². The monoisotopic (exact) mass is 388 g/mol. The van der Waals surface area contributed by atoms with Gasteiger partial charge in [-0.1, -0.05) is 11.8 Å². The largest absolute Gasteiger partial charge is 0.457 e. The van der Waals surface area contributed by atoms with E-state index in [-0.39, 0.29) is 25.6 Å². The van der Waals surface area contributed by atoms with Crippen LogP contribution >= 0.6 is 11.8 Å². The molecule has 2 aromatic rings. The van der Waals surface area contributed by atoms with Crippen LogP contribution in [0.2, 0.25) is 0 Å². The second kappa shape index (κ2) is 8.39. The van der Waals surface area contributed by atoms with Crippen molar-refractivity contribution in [1.82, 2.24) is 9.97 Å². The number of benzene rings is 1. The number of hydrogen-bond donors (Lipinski definition) is 0. The molecule has 0 saturated heterocycles. The van der Waals surface area contributed by atoms with Crippen molar-refractivity contribution in [3.8, 4) is 11.5 Å². The summed E-state index contributed by atoms with van der Waals surface area (Å²) in [7, 11) is 0. The van der Waals surface area contributed by atoms with Gasteiger partial charge in [-0.2, -0.15) is 0 Å². The van der Waals surface area contributed by atoms with Crippen molar-refractivity contribution >= 4 is 23.5 Å². The minimum absolute atomic E-state index is 0.141. The van der Waals surface area contributed by atoms with Gasteiger partial charge < -0.3 is 14.2 Å². The number of Topliss-reactive ketones (excluding diaryl/α,β-unsaturated/α-hetero) is 1. The van der Waals surface area contributed by atoms with E-state index in [2.05, 4.69) is 9.97 Å². The molecule has 142 valence electrons. The number of ketones is 1. The van der Waals surface area contributed by atoms with E-state index in [0.29, 0.717) is 28.6 Å². The molecule has 0 bridgehead atoms. The highest BCUT2D eigenvalue weighted by atomic mass is 32.2. The fourth-order valence-corrected chi connectivity index (χ4v) is 3.22. The zero-order valence-corrected chi connectivity index (χ0v) is 16.2. The highest BCUT2D eigenvalue weighted by Gasteiger charge is 2.17. The van der Waals surface area contributed by atoms with Crippen LogP contribution in [0.15, 0.2) is 23.4 Å². The topological polar surface area (TPSA) is 87.6 Å². The molecule has 1 aliphatic heterocycles. The standard InChI is InChI=1S/C19H20N2O5S/c1-11-14(12(2)21-19(20-11)27-3)5-7-18(23)24-9-15(22)13-4-6-16-17(8-13)26-10-25-16/h4,6,8H,5,7,9-10H2,1-3H3.